The number of carbonyl (C=O) groups is 1. The smallest absolute Gasteiger partial charge is 0.262 e. The Morgan fingerprint density at radius 3 is 2.31 bits per heavy atom. The minimum atomic E-state index is -3.75. The van der Waals surface area contributed by atoms with Crippen molar-refractivity contribution < 1.29 is 22.8 Å². The third kappa shape index (κ3) is 5.43. The number of benzene rings is 2. The minimum absolute atomic E-state index is 0.00428. The van der Waals surface area contributed by atoms with Crippen molar-refractivity contribution in [3.63, 3.8) is 0 Å². The van der Waals surface area contributed by atoms with Crippen LogP contribution in [0.4, 0.5) is 0 Å². The summed E-state index contributed by atoms with van der Waals surface area (Å²) < 4.78 is 29.1. The Hall–Kier alpha value is -2.13. The molecule has 0 fully saturated rings. The molecule has 0 heterocycles. The zero-order valence-corrected chi connectivity index (χ0v) is 15.9. The first-order chi connectivity index (χ1) is 12.3. The number of hydrogen-bond acceptors (Lipinski definition) is 5. The van der Waals surface area contributed by atoms with Crippen molar-refractivity contribution in [1.82, 2.24) is 9.79 Å². The molecule has 1 N–H and O–H groups in total. The van der Waals surface area contributed by atoms with E-state index in [1.54, 1.807) is 31.3 Å². The molecule has 0 unspecified atom stereocenters. The molecule has 26 heavy (non-hydrogen) atoms. The van der Waals surface area contributed by atoms with Crippen molar-refractivity contribution in [2.24, 2.45) is 0 Å². The van der Waals surface area contributed by atoms with E-state index in [1.807, 2.05) is 4.89 Å². The summed E-state index contributed by atoms with van der Waals surface area (Å²) in [5.74, 6) is 0.420. The van der Waals surface area contributed by atoms with Crippen LogP contribution in [0.1, 0.15) is 10.4 Å². The Morgan fingerprint density at radius 1 is 1.12 bits per heavy atom. The van der Waals surface area contributed by atoms with Gasteiger partial charge in [-0.3, -0.25) is 9.63 Å². The number of hydrogen-bond donors (Lipinski definition) is 1. The van der Waals surface area contributed by atoms with Gasteiger partial charge in [-0.25, -0.2) is 8.42 Å². The normalized spacial score (nSPS) is 11.2. The van der Waals surface area contributed by atoms with E-state index in [9.17, 15) is 13.2 Å². The van der Waals surface area contributed by atoms with E-state index in [0.717, 1.165) is 0 Å². The first-order valence-electron chi connectivity index (χ1n) is 7.62. The highest BCUT2D eigenvalue weighted by atomic mass is 35.5. The molecule has 9 heteroatoms. The van der Waals surface area contributed by atoms with Crippen molar-refractivity contribution in [2.45, 2.75) is 4.90 Å². The average molecular weight is 399 g/mol. The number of rotatable bonds is 8. The predicted octanol–water partition coefficient (Wildman–Crippen LogP) is 2.33. The molecule has 140 valence electrons. The highest BCUT2D eigenvalue weighted by Crippen LogP contribution is 2.16. The Morgan fingerprint density at radius 2 is 1.73 bits per heavy atom. The highest BCUT2D eigenvalue weighted by Gasteiger charge is 2.16. The summed E-state index contributed by atoms with van der Waals surface area (Å²) in [7, 11) is -0.899. The number of likely N-dealkylation sites (N-methyl/N-ethyl adjacent to an activating group) is 1. The first-order valence-corrected chi connectivity index (χ1v) is 9.48. The Balaban J connectivity index is 1.92. The van der Waals surface area contributed by atoms with Crippen LogP contribution in [-0.4, -0.2) is 46.5 Å². The lowest BCUT2D eigenvalue weighted by molar-refractivity contribution is 0.0773. The second kappa shape index (κ2) is 9.00. The maximum absolute atomic E-state index is 12.4. The maximum atomic E-state index is 12.4. The van der Waals surface area contributed by atoms with Gasteiger partial charge < -0.3 is 9.64 Å². The summed E-state index contributed by atoms with van der Waals surface area (Å²) in [5, 5.41) is 0.621. The minimum Gasteiger partial charge on any atom is -0.492 e. The summed E-state index contributed by atoms with van der Waals surface area (Å²) in [4.78, 5) is 20.2. The largest absolute Gasteiger partial charge is 0.492 e. The van der Waals surface area contributed by atoms with Gasteiger partial charge in [0.2, 0.25) is 0 Å². The molecule has 0 spiro atoms. The summed E-state index contributed by atoms with van der Waals surface area (Å²) in [6.07, 6.45) is 0. The van der Waals surface area contributed by atoms with E-state index in [4.69, 9.17) is 16.3 Å². The summed E-state index contributed by atoms with van der Waals surface area (Å²) in [6, 6.07) is 12.5. The van der Waals surface area contributed by atoms with E-state index in [1.165, 1.54) is 36.3 Å². The maximum Gasteiger partial charge on any atom is 0.262 e. The third-order valence-corrected chi connectivity index (χ3v) is 4.99. The van der Waals surface area contributed by atoms with Crippen LogP contribution in [0.2, 0.25) is 5.02 Å². The summed E-state index contributed by atoms with van der Waals surface area (Å²) >= 11 is 5.81. The lowest BCUT2D eigenvalue weighted by Crippen LogP contribution is -2.31. The van der Waals surface area contributed by atoms with Gasteiger partial charge in [-0.05, 0) is 48.5 Å². The van der Waals surface area contributed by atoms with E-state index < -0.39 is 10.0 Å². The zero-order valence-electron chi connectivity index (χ0n) is 14.3. The van der Waals surface area contributed by atoms with E-state index in [-0.39, 0.29) is 10.8 Å². The molecule has 0 aromatic heterocycles. The molecular formula is C17H19ClN2O5S. The first kappa shape index (κ1) is 20.2. The van der Waals surface area contributed by atoms with Crippen LogP contribution in [0.5, 0.6) is 5.75 Å². The lowest BCUT2D eigenvalue weighted by Gasteiger charge is -2.18. The van der Waals surface area contributed by atoms with Gasteiger partial charge in [0.1, 0.15) is 12.4 Å². The number of halogens is 1. The molecule has 7 nitrogen and oxygen atoms in total. The molecule has 0 bridgehead atoms. The Bertz CT molecular complexity index is 838. The number of nitrogens with one attached hydrogen (secondary N) is 1. The fourth-order valence-electron chi connectivity index (χ4n) is 2.09. The fourth-order valence-corrected chi connectivity index (χ4v) is 3.02. The van der Waals surface area contributed by atoms with Gasteiger partial charge >= 0.3 is 0 Å². The SMILES string of the molecule is CONS(=O)(=O)c1ccc(C(=O)N(C)CCOc2ccc(Cl)cc2)cc1. The second-order valence-corrected chi connectivity index (χ2v) is 7.43. The van der Waals surface area contributed by atoms with Gasteiger partial charge in [0.15, 0.2) is 0 Å². The number of amides is 1. The van der Waals surface area contributed by atoms with Crippen LogP contribution in [0.25, 0.3) is 0 Å². The Labute approximate surface area is 157 Å². The molecule has 0 aliphatic heterocycles. The van der Waals surface area contributed by atoms with Gasteiger partial charge in [-0.15, -0.1) is 0 Å². The number of sulfonamides is 1. The summed E-state index contributed by atoms with van der Waals surface area (Å²) in [6.45, 7) is 0.681. The monoisotopic (exact) mass is 398 g/mol. The highest BCUT2D eigenvalue weighted by molar-refractivity contribution is 7.89. The number of carbonyl (C=O) groups excluding carboxylic acids is 1. The van der Waals surface area contributed by atoms with Crippen molar-refractivity contribution >= 4 is 27.5 Å². The van der Waals surface area contributed by atoms with Crippen LogP contribution in [-0.2, 0) is 14.9 Å². The fraction of sp³-hybridized carbons (Fsp3) is 0.235. The van der Waals surface area contributed by atoms with Crippen molar-refractivity contribution in [3.05, 3.63) is 59.1 Å². The molecule has 2 aromatic rings. The molecule has 2 rings (SSSR count). The van der Waals surface area contributed by atoms with Crippen LogP contribution < -0.4 is 9.62 Å². The topological polar surface area (TPSA) is 84.9 Å². The standard InChI is InChI=1S/C17H19ClN2O5S/c1-20(11-12-25-15-7-5-14(18)6-8-15)17(21)13-3-9-16(10-4-13)26(22,23)19-24-2/h3-10,19H,11-12H2,1-2H3. The predicted molar refractivity (Wildman–Crippen MR) is 97.7 cm³/mol. The van der Waals surface area contributed by atoms with Gasteiger partial charge in [0, 0.05) is 17.6 Å². The third-order valence-electron chi connectivity index (χ3n) is 3.46. The summed E-state index contributed by atoms with van der Waals surface area (Å²) in [5.41, 5.74) is 0.371. The quantitative estimate of drug-likeness (QED) is 0.690. The Kier molecular flexibility index (Phi) is 6.98. The average Bonchev–Trinajstić information content (AvgIpc) is 2.62. The molecule has 0 saturated carbocycles. The van der Waals surface area contributed by atoms with Crippen molar-refractivity contribution in [3.8, 4) is 5.75 Å². The zero-order chi connectivity index (χ0) is 19.2. The van der Waals surface area contributed by atoms with Crippen LogP contribution in [0.3, 0.4) is 0 Å². The van der Waals surface area contributed by atoms with E-state index in [2.05, 4.69) is 4.84 Å². The van der Waals surface area contributed by atoms with Gasteiger partial charge in [-0.2, -0.15) is 0 Å². The van der Waals surface area contributed by atoms with Gasteiger partial charge in [0.05, 0.1) is 18.6 Å². The van der Waals surface area contributed by atoms with Gasteiger partial charge in [0.25, 0.3) is 15.9 Å². The van der Waals surface area contributed by atoms with E-state index in [0.29, 0.717) is 29.5 Å². The molecule has 0 saturated heterocycles. The van der Waals surface area contributed by atoms with Crippen LogP contribution >= 0.6 is 11.6 Å². The van der Waals surface area contributed by atoms with Crippen LogP contribution in [0.15, 0.2) is 53.4 Å². The van der Waals surface area contributed by atoms with Crippen LogP contribution in [0, 0.1) is 0 Å². The van der Waals surface area contributed by atoms with Gasteiger partial charge in [-0.1, -0.05) is 16.5 Å². The molecule has 0 aliphatic carbocycles. The molecule has 0 radical (unpaired) electrons. The molecule has 0 aliphatic rings. The molecule has 2 aromatic carbocycles. The lowest BCUT2D eigenvalue weighted by atomic mass is 10.2. The number of ether oxygens (including phenoxy) is 1. The number of nitrogens with zero attached hydrogens (tertiary/aromatic N) is 1. The molecular weight excluding hydrogens is 380 g/mol. The van der Waals surface area contributed by atoms with E-state index >= 15 is 0 Å². The molecule has 1 amide bonds. The second-order valence-electron chi connectivity index (χ2n) is 5.34. The molecule has 0 atom stereocenters. The van der Waals surface area contributed by atoms with Crippen molar-refractivity contribution in [2.75, 3.05) is 27.3 Å². The van der Waals surface area contributed by atoms with Crippen molar-refractivity contribution in [1.29, 1.82) is 0 Å².